The van der Waals surface area contributed by atoms with Crippen LogP contribution in [0.3, 0.4) is 0 Å². The summed E-state index contributed by atoms with van der Waals surface area (Å²) in [5.41, 5.74) is 3.54. The standard InChI is InChI=1S/C26H34N8O2S/c1-2-31-8-3-9-32(11-10-31)24-16-25(33-12-14-36-15-13-33)37-34(19-24)23-6-4-21(5-7-23)29-26(35)30-22-17-27-20-28-18-22/h4-7,16-20H,2-3,8-15H2,1H3,(H2,29,30,35). The summed E-state index contributed by atoms with van der Waals surface area (Å²) in [6.07, 6.45) is 10.3. The van der Waals surface area contributed by atoms with Crippen molar-refractivity contribution in [3.05, 3.63) is 66.0 Å². The average molecular weight is 523 g/mol. The lowest BCUT2D eigenvalue weighted by molar-refractivity contribution is 0.0575. The topological polar surface area (TPSA) is 89.1 Å². The Kier molecular flexibility index (Phi) is 8.44. The van der Waals surface area contributed by atoms with Crippen LogP contribution < -0.4 is 14.9 Å². The Morgan fingerprint density at radius 3 is 2.46 bits per heavy atom. The minimum absolute atomic E-state index is 0.336. The summed E-state index contributed by atoms with van der Waals surface area (Å²) in [6.45, 7) is 10.9. The van der Waals surface area contributed by atoms with Crippen LogP contribution in [0.5, 0.6) is 0 Å². The van der Waals surface area contributed by atoms with Crippen molar-refractivity contribution >= 4 is 35.0 Å². The van der Waals surface area contributed by atoms with Gasteiger partial charge in [0, 0.05) is 56.6 Å². The molecule has 2 saturated heterocycles. The highest BCUT2D eigenvalue weighted by Gasteiger charge is 2.25. The summed E-state index contributed by atoms with van der Waals surface area (Å²) < 4.78 is 7.83. The Morgan fingerprint density at radius 2 is 1.70 bits per heavy atom. The van der Waals surface area contributed by atoms with Crippen LogP contribution in [0.2, 0.25) is 0 Å². The van der Waals surface area contributed by atoms with Gasteiger partial charge in [0.1, 0.15) is 6.33 Å². The van der Waals surface area contributed by atoms with E-state index in [4.69, 9.17) is 4.74 Å². The molecule has 10 nitrogen and oxygen atoms in total. The first-order chi connectivity index (χ1) is 18.2. The molecule has 3 aliphatic rings. The number of aromatic nitrogens is 2. The molecule has 11 heteroatoms. The predicted molar refractivity (Wildman–Crippen MR) is 148 cm³/mol. The largest absolute Gasteiger partial charge is 0.378 e. The maximum Gasteiger partial charge on any atom is 0.323 e. The van der Waals surface area contributed by atoms with Gasteiger partial charge < -0.3 is 30.1 Å². The fourth-order valence-corrected chi connectivity index (χ4v) is 5.63. The fraction of sp³-hybridized carbons (Fsp3) is 0.423. The quantitative estimate of drug-likeness (QED) is 0.552. The van der Waals surface area contributed by atoms with E-state index in [1.165, 1.54) is 17.1 Å². The number of carbonyl (C=O) groups is 1. The van der Waals surface area contributed by atoms with Gasteiger partial charge >= 0.3 is 6.03 Å². The molecule has 0 unspecified atom stereocenters. The van der Waals surface area contributed by atoms with E-state index in [2.05, 4.69) is 58.8 Å². The van der Waals surface area contributed by atoms with Crippen molar-refractivity contribution in [1.82, 2.24) is 24.7 Å². The summed E-state index contributed by atoms with van der Waals surface area (Å²) in [4.78, 5) is 27.6. The number of benzene rings is 1. The normalized spacial score (nSPS) is 19.1. The number of likely N-dealkylation sites (N-methyl/N-ethyl adjacent to an activating group) is 1. The Morgan fingerprint density at radius 1 is 0.946 bits per heavy atom. The summed E-state index contributed by atoms with van der Waals surface area (Å²) in [6, 6.07) is 7.57. The van der Waals surface area contributed by atoms with Crippen molar-refractivity contribution in [2.24, 2.45) is 0 Å². The van der Waals surface area contributed by atoms with Crippen molar-refractivity contribution in [3.63, 3.8) is 0 Å². The number of rotatable bonds is 6. The molecule has 0 spiro atoms. The molecule has 3 aliphatic heterocycles. The number of allylic oxidation sites excluding steroid dienone is 1. The highest BCUT2D eigenvalue weighted by molar-refractivity contribution is 8.04. The molecule has 4 heterocycles. The Hall–Kier alpha value is -3.28. The molecule has 2 amide bonds. The molecular formula is C26H34N8O2S. The van der Waals surface area contributed by atoms with Gasteiger partial charge in [0.05, 0.1) is 47.7 Å². The molecule has 0 aliphatic carbocycles. The lowest BCUT2D eigenvalue weighted by atomic mass is 10.2. The summed E-state index contributed by atoms with van der Waals surface area (Å²) in [7, 11) is 0. The maximum absolute atomic E-state index is 12.3. The van der Waals surface area contributed by atoms with Crippen LogP contribution in [-0.4, -0.2) is 89.7 Å². The second-order valence-corrected chi connectivity index (χ2v) is 10.1. The Labute approximate surface area is 222 Å². The van der Waals surface area contributed by atoms with Gasteiger partial charge in [-0.15, -0.1) is 0 Å². The first-order valence-electron chi connectivity index (χ1n) is 12.8. The molecule has 1 aromatic heterocycles. The molecule has 5 rings (SSSR count). The van der Waals surface area contributed by atoms with E-state index in [-0.39, 0.29) is 6.03 Å². The van der Waals surface area contributed by atoms with Gasteiger partial charge in [-0.2, -0.15) is 0 Å². The Balaban J connectivity index is 1.30. The van der Waals surface area contributed by atoms with Gasteiger partial charge in [0.2, 0.25) is 0 Å². The third-order valence-corrected chi connectivity index (χ3v) is 7.71. The van der Waals surface area contributed by atoms with Crippen LogP contribution in [0, 0.1) is 0 Å². The minimum atomic E-state index is -0.336. The van der Waals surface area contributed by atoms with Gasteiger partial charge in [-0.25, -0.2) is 14.8 Å². The molecule has 0 atom stereocenters. The van der Waals surface area contributed by atoms with Gasteiger partial charge in [-0.05, 0) is 49.9 Å². The molecule has 37 heavy (non-hydrogen) atoms. The molecule has 0 radical (unpaired) electrons. The van der Waals surface area contributed by atoms with Crippen LogP contribution in [-0.2, 0) is 4.74 Å². The summed E-state index contributed by atoms with van der Waals surface area (Å²) in [5.74, 6) is 0. The second-order valence-electron chi connectivity index (χ2n) is 9.08. The molecular weight excluding hydrogens is 488 g/mol. The van der Waals surface area contributed by atoms with E-state index >= 15 is 0 Å². The van der Waals surface area contributed by atoms with Crippen LogP contribution >= 0.6 is 11.9 Å². The monoisotopic (exact) mass is 522 g/mol. The van der Waals surface area contributed by atoms with E-state index in [9.17, 15) is 4.79 Å². The smallest absolute Gasteiger partial charge is 0.323 e. The van der Waals surface area contributed by atoms with Gasteiger partial charge in [-0.1, -0.05) is 6.92 Å². The zero-order valence-electron chi connectivity index (χ0n) is 21.2. The molecule has 1 aromatic carbocycles. The molecule has 196 valence electrons. The van der Waals surface area contributed by atoms with Crippen LogP contribution in [0.15, 0.2) is 66.0 Å². The lowest BCUT2D eigenvalue weighted by Crippen LogP contribution is -2.37. The first-order valence-corrected chi connectivity index (χ1v) is 13.6. The highest BCUT2D eigenvalue weighted by Crippen LogP contribution is 2.37. The number of morpholine rings is 1. The molecule has 0 bridgehead atoms. The van der Waals surface area contributed by atoms with Crippen molar-refractivity contribution in [1.29, 1.82) is 0 Å². The number of carbonyl (C=O) groups excluding carboxylic acids is 1. The number of amides is 2. The number of hydrogen-bond acceptors (Lipinski definition) is 9. The maximum atomic E-state index is 12.3. The van der Waals surface area contributed by atoms with Crippen molar-refractivity contribution < 1.29 is 9.53 Å². The third kappa shape index (κ3) is 6.73. The van der Waals surface area contributed by atoms with Crippen LogP contribution in [0.25, 0.3) is 0 Å². The van der Waals surface area contributed by atoms with Gasteiger partial charge in [0.15, 0.2) is 0 Å². The van der Waals surface area contributed by atoms with Crippen molar-refractivity contribution in [2.75, 3.05) is 74.0 Å². The predicted octanol–water partition coefficient (Wildman–Crippen LogP) is 3.63. The fourth-order valence-electron chi connectivity index (χ4n) is 4.56. The first kappa shape index (κ1) is 25.4. The SMILES string of the molecule is CCN1CCCN(C2=CN(c3ccc(NC(=O)Nc4cncnc4)cc3)SC(N3CCOCC3)=C2)CC1. The third-order valence-electron chi connectivity index (χ3n) is 6.63. The summed E-state index contributed by atoms with van der Waals surface area (Å²) in [5, 5.41) is 6.84. The number of hydrogen-bond donors (Lipinski definition) is 2. The number of nitrogens with one attached hydrogen (secondary N) is 2. The number of ether oxygens (including phenoxy) is 1. The molecule has 2 N–H and O–H groups in total. The summed E-state index contributed by atoms with van der Waals surface area (Å²) >= 11 is 1.73. The van der Waals surface area contributed by atoms with E-state index in [1.807, 2.05) is 24.3 Å². The average Bonchev–Trinajstić information content (AvgIpc) is 3.20. The van der Waals surface area contributed by atoms with E-state index in [1.54, 1.807) is 24.3 Å². The van der Waals surface area contributed by atoms with Gasteiger partial charge in [0.25, 0.3) is 0 Å². The van der Waals surface area contributed by atoms with Crippen molar-refractivity contribution in [2.45, 2.75) is 13.3 Å². The lowest BCUT2D eigenvalue weighted by Gasteiger charge is -2.37. The number of anilines is 3. The zero-order chi connectivity index (χ0) is 25.5. The van der Waals surface area contributed by atoms with Gasteiger partial charge in [-0.3, -0.25) is 4.31 Å². The highest BCUT2D eigenvalue weighted by atomic mass is 32.2. The molecule has 2 aromatic rings. The van der Waals surface area contributed by atoms with Crippen LogP contribution in [0.4, 0.5) is 21.9 Å². The number of nitrogens with zero attached hydrogens (tertiary/aromatic N) is 6. The van der Waals surface area contributed by atoms with E-state index < -0.39 is 0 Å². The minimum Gasteiger partial charge on any atom is -0.378 e. The van der Waals surface area contributed by atoms with E-state index in [0.717, 1.165) is 71.1 Å². The zero-order valence-corrected chi connectivity index (χ0v) is 22.0. The van der Waals surface area contributed by atoms with E-state index in [0.29, 0.717) is 11.4 Å². The number of urea groups is 1. The van der Waals surface area contributed by atoms with Crippen LogP contribution in [0.1, 0.15) is 13.3 Å². The second kappa shape index (κ2) is 12.3. The molecule has 2 fully saturated rings. The molecule has 0 saturated carbocycles. The Bertz CT molecular complexity index is 1110. The van der Waals surface area contributed by atoms with Crippen molar-refractivity contribution in [3.8, 4) is 0 Å².